The normalized spacial score (nSPS) is 12.2. The van der Waals surface area contributed by atoms with Gasteiger partial charge < -0.3 is 19.7 Å². The number of fused-ring (bicyclic) bond motifs is 2. The molecule has 0 saturated heterocycles. The Morgan fingerprint density at radius 3 is 1.72 bits per heavy atom. The summed E-state index contributed by atoms with van der Waals surface area (Å²) >= 11 is 0. The first kappa shape index (κ1) is 18.9. The van der Waals surface area contributed by atoms with Crippen molar-refractivity contribution in [1.29, 1.82) is 0 Å². The molecular formula is C25H24O4. The molecule has 2 N–H and O–H groups in total. The summed E-state index contributed by atoms with van der Waals surface area (Å²) < 4.78 is 11.8. The summed E-state index contributed by atoms with van der Waals surface area (Å²) in [7, 11) is 0. The Kier molecular flexibility index (Phi) is 5.43. The predicted octanol–water partition coefficient (Wildman–Crippen LogP) is 5.89. The summed E-state index contributed by atoms with van der Waals surface area (Å²) in [6.45, 7) is 3.38. The summed E-state index contributed by atoms with van der Waals surface area (Å²) in [4.78, 5) is 0. The lowest BCUT2D eigenvalue weighted by atomic mass is 10.1. The highest BCUT2D eigenvalue weighted by Crippen LogP contribution is 2.26. The summed E-state index contributed by atoms with van der Waals surface area (Å²) in [5, 5.41) is 23.2. The monoisotopic (exact) mass is 388 g/mol. The van der Waals surface area contributed by atoms with Crippen molar-refractivity contribution in [2.45, 2.75) is 13.3 Å². The van der Waals surface area contributed by atoms with Crippen molar-refractivity contribution in [1.82, 2.24) is 0 Å². The van der Waals surface area contributed by atoms with Gasteiger partial charge in [0.1, 0.15) is 23.0 Å². The van der Waals surface area contributed by atoms with Crippen molar-refractivity contribution < 1.29 is 19.7 Å². The molecule has 0 spiro atoms. The van der Waals surface area contributed by atoms with Gasteiger partial charge in [-0.3, -0.25) is 0 Å². The van der Waals surface area contributed by atoms with E-state index in [2.05, 4.69) is 6.92 Å². The van der Waals surface area contributed by atoms with E-state index in [9.17, 15) is 10.2 Å². The molecule has 148 valence electrons. The summed E-state index contributed by atoms with van der Waals surface area (Å²) in [5.74, 6) is 2.54. The van der Waals surface area contributed by atoms with Crippen molar-refractivity contribution in [2.75, 3.05) is 13.2 Å². The Balaban J connectivity index is 1.27. The molecule has 4 nitrogen and oxygen atoms in total. The lowest BCUT2D eigenvalue weighted by Gasteiger charge is -2.14. The SMILES string of the molecule is CC(CCOc1ccc2cc(O)ccc2c1)COc1ccc2cc(O)ccc2c1. The standard InChI is InChI=1S/C25H24O4/c1-17(16-29-25-9-5-19-13-23(27)7-3-21(19)15-25)10-11-28-24-8-4-18-12-22(26)6-2-20(18)14-24/h2-9,12-15,17,26-27H,10-11,16H2,1H3. The van der Waals surface area contributed by atoms with Crippen LogP contribution in [0, 0.1) is 5.92 Å². The Labute approximate surface area is 169 Å². The van der Waals surface area contributed by atoms with Gasteiger partial charge in [-0.1, -0.05) is 31.2 Å². The summed E-state index contributed by atoms with van der Waals surface area (Å²) in [6.07, 6.45) is 0.884. The fourth-order valence-corrected chi connectivity index (χ4v) is 3.30. The van der Waals surface area contributed by atoms with Crippen LogP contribution in [-0.2, 0) is 0 Å². The fraction of sp³-hybridized carbons (Fsp3) is 0.200. The van der Waals surface area contributed by atoms with Gasteiger partial charge in [0.25, 0.3) is 0 Å². The number of phenols is 2. The highest BCUT2D eigenvalue weighted by molar-refractivity contribution is 5.85. The van der Waals surface area contributed by atoms with E-state index >= 15 is 0 Å². The van der Waals surface area contributed by atoms with Gasteiger partial charge >= 0.3 is 0 Å². The van der Waals surface area contributed by atoms with Gasteiger partial charge in [0.05, 0.1) is 13.2 Å². The van der Waals surface area contributed by atoms with E-state index in [4.69, 9.17) is 9.47 Å². The van der Waals surface area contributed by atoms with Gasteiger partial charge in [0.2, 0.25) is 0 Å². The van der Waals surface area contributed by atoms with Gasteiger partial charge in [-0.2, -0.15) is 0 Å². The number of rotatable bonds is 7. The molecule has 0 aliphatic heterocycles. The maximum absolute atomic E-state index is 9.55. The van der Waals surface area contributed by atoms with Crippen LogP contribution in [0.5, 0.6) is 23.0 Å². The highest BCUT2D eigenvalue weighted by atomic mass is 16.5. The van der Waals surface area contributed by atoms with E-state index < -0.39 is 0 Å². The zero-order valence-corrected chi connectivity index (χ0v) is 16.3. The van der Waals surface area contributed by atoms with Crippen LogP contribution in [0.4, 0.5) is 0 Å². The van der Waals surface area contributed by atoms with Crippen LogP contribution in [-0.4, -0.2) is 23.4 Å². The second-order valence-electron chi connectivity index (χ2n) is 7.44. The van der Waals surface area contributed by atoms with Gasteiger partial charge in [-0.15, -0.1) is 0 Å². The number of aromatic hydroxyl groups is 2. The van der Waals surface area contributed by atoms with Crippen LogP contribution in [0.3, 0.4) is 0 Å². The van der Waals surface area contributed by atoms with Crippen molar-refractivity contribution >= 4 is 21.5 Å². The Hall–Kier alpha value is -3.40. The molecule has 29 heavy (non-hydrogen) atoms. The highest BCUT2D eigenvalue weighted by Gasteiger charge is 2.06. The van der Waals surface area contributed by atoms with Gasteiger partial charge in [-0.05, 0) is 82.4 Å². The molecule has 1 atom stereocenters. The molecule has 0 heterocycles. The number of hydrogen-bond donors (Lipinski definition) is 2. The first-order chi connectivity index (χ1) is 14.1. The molecule has 4 aromatic rings. The number of ether oxygens (including phenoxy) is 2. The third-order valence-corrected chi connectivity index (χ3v) is 5.00. The minimum absolute atomic E-state index is 0.268. The molecular weight excluding hydrogens is 364 g/mol. The molecule has 0 saturated carbocycles. The zero-order valence-electron chi connectivity index (χ0n) is 16.3. The van der Waals surface area contributed by atoms with Crippen LogP contribution >= 0.6 is 0 Å². The van der Waals surface area contributed by atoms with E-state index in [1.165, 1.54) is 0 Å². The molecule has 0 fully saturated rings. The zero-order chi connectivity index (χ0) is 20.2. The number of hydrogen-bond acceptors (Lipinski definition) is 4. The van der Waals surface area contributed by atoms with Crippen molar-refractivity contribution in [3.8, 4) is 23.0 Å². The molecule has 0 amide bonds. The molecule has 1 unspecified atom stereocenters. The van der Waals surface area contributed by atoms with E-state index in [1.54, 1.807) is 24.3 Å². The molecule has 4 aromatic carbocycles. The first-order valence-electron chi connectivity index (χ1n) is 9.78. The van der Waals surface area contributed by atoms with Crippen LogP contribution in [0.15, 0.2) is 72.8 Å². The molecule has 4 heteroatoms. The topological polar surface area (TPSA) is 58.9 Å². The minimum Gasteiger partial charge on any atom is -0.508 e. The van der Waals surface area contributed by atoms with E-state index in [-0.39, 0.29) is 11.5 Å². The molecule has 0 bridgehead atoms. The number of benzene rings is 4. The van der Waals surface area contributed by atoms with Gasteiger partial charge in [-0.25, -0.2) is 0 Å². The fourth-order valence-electron chi connectivity index (χ4n) is 3.30. The van der Waals surface area contributed by atoms with Crippen molar-refractivity contribution in [3.63, 3.8) is 0 Å². The lowest BCUT2D eigenvalue weighted by molar-refractivity contribution is 0.218. The smallest absolute Gasteiger partial charge is 0.119 e. The minimum atomic E-state index is 0.268. The van der Waals surface area contributed by atoms with Crippen molar-refractivity contribution in [2.24, 2.45) is 5.92 Å². The molecule has 0 aliphatic rings. The average Bonchev–Trinajstić information content (AvgIpc) is 2.72. The van der Waals surface area contributed by atoms with Crippen LogP contribution in [0.1, 0.15) is 13.3 Å². The maximum Gasteiger partial charge on any atom is 0.119 e. The molecule has 4 rings (SSSR count). The third-order valence-electron chi connectivity index (χ3n) is 5.00. The first-order valence-corrected chi connectivity index (χ1v) is 9.78. The average molecular weight is 388 g/mol. The molecule has 0 aromatic heterocycles. The number of phenolic OH excluding ortho intramolecular Hbond substituents is 2. The predicted molar refractivity (Wildman–Crippen MR) is 116 cm³/mol. The maximum atomic E-state index is 9.55. The second-order valence-corrected chi connectivity index (χ2v) is 7.44. The van der Waals surface area contributed by atoms with Crippen LogP contribution in [0.25, 0.3) is 21.5 Å². The van der Waals surface area contributed by atoms with E-state index in [0.29, 0.717) is 19.1 Å². The van der Waals surface area contributed by atoms with E-state index in [1.807, 2.05) is 48.5 Å². The largest absolute Gasteiger partial charge is 0.508 e. The second kappa shape index (κ2) is 8.31. The lowest BCUT2D eigenvalue weighted by Crippen LogP contribution is -2.12. The summed E-state index contributed by atoms with van der Waals surface area (Å²) in [6, 6.07) is 22.4. The van der Waals surface area contributed by atoms with Crippen LogP contribution in [0.2, 0.25) is 0 Å². The summed E-state index contributed by atoms with van der Waals surface area (Å²) in [5.41, 5.74) is 0. The third kappa shape index (κ3) is 4.72. The molecule has 0 aliphatic carbocycles. The van der Waals surface area contributed by atoms with Gasteiger partial charge in [0.15, 0.2) is 0 Å². The van der Waals surface area contributed by atoms with Crippen LogP contribution < -0.4 is 9.47 Å². The quantitative estimate of drug-likeness (QED) is 0.414. The van der Waals surface area contributed by atoms with E-state index in [0.717, 1.165) is 39.5 Å². The molecule has 0 radical (unpaired) electrons. The Bertz CT molecular complexity index is 1140. The Morgan fingerprint density at radius 2 is 1.14 bits per heavy atom. The van der Waals surface area contributed by atoms with Gasteiger partial charge in [0, 0.05) is 0 Å². The Morgan fingerprint density at radius 1 is 0.655 bits per heavy atom. The van der Waals surface area contributed by atoms with Crippen molar-refractivity contribution in [3.05, 3.63) is 72.8 Å².